The molecule has 5 nitrogen and oxygen atoms in total. The number of esters is 1. The van der Waals surface area contributed by atoms with Crippen molar-refractivity contribution in [3.8, 4) is 5.75 Å². The summed E-state index contributed by atoms with van der Waals surface area (Å²) in [5, 5.41) is 0.850. The molecule has 1 heterocycles. The van der Waals surface area contributed by atoms with Crippen LogP contribution in [0.25, 0.3) is 10.9 Å². The number of aryl methyl sites for hydroxylation is 1. The highest BCUT2D eigenvalue weighted by atomic mass is 16.5. The summed E-state index contributed by atoms with van der Waals surface area (Å²) in [6.45, 7) is 7.31. The average molecular weight is 351 g/mol. The Kier molecular flexibility index (Phi) is 3.24. The lowest BCUT2D eigenvalue weighted by Gasteiger charge is -2.36. The van der Waals surface area contributed by atoms with Crippen LogP contribution in [-0.4, -0.2) is 22.5 Å². The first-order valence-electron chi connectivity index (χ1n) is 8.83. The van der Waals surface area contributed by atoms with Crippen LogP contribution in [0.15, 0.2) is 30.3 Å². The molecule has 5 heteroatoms. The fourth-order valence-corrected chi connectivity index (χ4v) is 4.71. The van der Waals surface area contributed by atoms with Gasteiger partial charge in [-0.2, -0.15) is 0 Å². The maximum absolute atomic E-state index is 13.2. The first-order chi connectivity index (χ1) is 12.1. The van der Waals surface area contributed by atoms with Crippen molar-refractivity contribution >= 4 is 28.4 Å². The van der Waals surface area contributed by atoms with Gasteiger partial charge in [-0.25, -0.2) is 4.98 Å². The smallest absolute Gasteiger partial charge is 0.326 e. The number of Topliss-reactive ketones (excluding diaryl/α,β-unsaturated/α-hetero) is 2. The number of para-hydroxylation sites is 1. The molecule has 26 heavy (non-hydrogen) atoms. The third-order valence-corrected chi connectivity index (χ3v) is 6.91. The fourth-order valence-electron chi connectivity index (χ4n) is 4.71. The summed E-state index contributed by atoms with van der Waals surface area (Å²) in [4.78, 5) is 43.0. The second-order valence-corrected chi connectivity index (χ2v) is 8.19. The first-order valence-corrected chi connectivity index (χ1v) is 8.83. The normalized spacial score (nSPS) is 29.4. The van der Waals surface area contributed by atoms with Gasteiger partial charge in [0.25, 0.3) is 0 Å². The van der Waals surface area contributed by atoms with E-state index >= 15 is 0 Å². The van der Waals surface area contributed by atoms with E-state index in [2.05, 4.69) is 4.98 Å². The summed E-state index contributed by atoms with van der Waals surface area (Å²) in [7, 11) is 0. The molecule has 0 unspecified atom stereocenters. The quantitative estimate of drug-likeness (QED) is 0.359. The number of hydrogen-bond donors (Lipinski definition) is 0. The minimum absolute atomic E-state index is 0.321. The van der Waals surface area contributed by atoms with E-state index in [4.69, 9.17) is 4.74 Å². The number of pyridine rings is 1. The van der Waals surface area contributed by atoms with Crippen molar-refractivity contribution in [3.05, 3.63) is 36.0 Å². The van der Waals surface area contributed by atoms with E-state index in [1.54, 1.807) is 19.1 Å². The molecule has 0 radical (unpaired) electrons. The first kappa shape index (κ1) is 16.9. The van der Waals surface area contributed by atoms with Crippen molar-refractivity contribution in [2.45, 2.75) is 40.5 Å². The van der Waals surface area contributed by atoms with Gasteiger partial charge in [-0.05, 0) is 31.9 Å². The van der Waals surface area contributed by atoms with Gasteiger partial charge in [-0.3, -0.25) is 14.4 Å². The number of benzene rings is 1. The number of hydrogen-bond acceptors (Lipinski definition) is 5. The monoisotopic (exact) mass is 351 g/mol. The Bertz CT molecular complexity index is 993. The van der Waals surface area contributed by atoms with Crippen LogP contribution in [0.1, 0.15) is 39.3 Å². The Balaban J connectivity index is 1.80. The van der Waals surface area contributed by atoms with E-state index < -0.39 is 33.8 Å². The van der Waals surface area contributed by atoms with Crippen molar-refractivity contribution in [2.75, 3.05) is 0 Å². The van der Waals surface area contributed by atoms with Crippen molar-refractivity contribution < 1.29 is 19.1 Å². The molecule has 2 aromatic rings. The zero-order valence-electron chi connectivity index (χ0n) is 15.4. The van der Waals surface area contributed by atoms with Crippen LogP contribution in [0.3, 0.4) is 0 Å². The largest absolute Gasteiger partial charge is 0.423 e. The predicted octanol–water partition coefficient (Wildman–Crippen LogP) is 3.41. The number of aromatic nitrogens is 1. The standard InChI is InChI=1S/C21H21NO4/c1-12-8-9-13-6-5-7-14(15(13)22-12)26-18(25)21-11-10-20(4,19(21,2)3)16(23)17(21)24/h5-9H,10-11H2,1-4H3/t20-,21+/m1/s1. The zero-order chi connectivity index (χ0) is 18.9. The molecule has 0 amide bonds. The minimum atomic E-state index is -1.41. The van der Waals surface area contributed by atoms with Crippen molar-refractivity contribution in [2.24, 2.45) is 16.2 Å². The van der Waals surface area contributed by atoms with E-state index in [1.165, 1.54) is 0 Å². The molecule has 0 N–H and O–H groups in total. The summed E-state index contributed by atoms with van der Waals surface area (Å²) in [6.07, 6.45) is 0.865. The summed E-state index contributed by atoms with van der Waals surface area (Å²) in [6, 6.07) is 9.14. The topological polar surface area (TPSA) is 73.3 Å². The second-order valence-electron chi connectivity index (χ2n) is 8.19. The molecule has 2 fully saturated rings. The van der Waals surface area contributed by atoms with Crippen LogP contribution in [0.2, 0.25) is 0 Å². The number of rotatable bonds is 2. The van der Waals surface area contributed by atoms with Gasteiger partial charge in [0, 0.05) is 21.9 Å². The number of carbonyl (C=O) groups is 3. The molecular weight excluding hydrogens is 330 g/mol. The molecular formula is C21H21NO4. The second kappa shape index (κ2) is 5.00. The highest BCUT2D eigenvalue weighted by Gasteiger charge is 2.78. The minimum Gasteiger partial charge on any atom is -0.423 e. The molecule has 1 aromatic heterocycles. The predicted molar refractivity (Wildman–Crippen MR) is 95.7 cm³/mol. The number of nitrogens with zero attached hydrogens (tertiary/aromatic N) is 1. The van der Waals surface area contributed by atoms with E-state index in [1.807, 2.05) is 39.0 Å². The molecule has 0 spiro atoms. The Hall–Kier alpha value is -2.56. The molecule has 1 aromatic carbocycles. The number of ketones is 2. The zero-order valence-corrected chi connectivity index (χ0v) is 15.4. The molecule has 2 atom stereocenters. The molecule has 2 bridgehead atoms. The van der Waals surface area contributed by atoms with Gasteiger partial charge in [0.05, 0.1) is 0 Å². The van der Waals surface area contributed by atoms with Crippen LogP contribution in [0.5, 0.6) is 5.75 Å². The van der Waals surface area contributed by atoms with Gasteiger partial charge < -0.3 is 4.74 Å². The van der Waals surface area contributed by atoms with Gasteiger partial charge in [-0.15, -0.1) is 0 Å². The SMILES string of the molecule is Cc1ccc2cccc(OC(=O)[C@]34CC[C@](C)(C(=O)C3=O)C4(C)C)c2n1. The maximum Gasteiger partial charge on any atom is 0.326 e. The molecule has 2 aliphatic rings. The third kappa shape index (κ3) is 1.76. The Morgan fingerprint density at radius 1 is 1.04 bits per heavy atom. The van der Waals surface area contributed by atoms with Crippen molar-refractivity contribution in [1.82, 2.24) is 4.98 Å². The molecule has 4 rings (SSSR count). The molecule has 2 saturated carbocycles. The fraction of sp³-hybridized carbons (Fsp3) is 0.429. The molecule has 134 valence electrons. The van der Waals surface area contributed by atoms with Crippen molar-refractivity contribution in [1.29, 1.82) is 0 Å². The lowest BCUT2D eigenvalue weighted by atomic mass is 9.65. The Morgan fingerprint density at radius 3 is 2.42 bits per heavy atom. The Morgan fingerprint density at radius 2 is 1.77 bits per heavy atom. The lowest BCUT2D eigenvalue weighted by molar-refractivity contribution is -0.157. The maximum atomic E-state index is 13.2. The van der Waals surface area contributed by atoms with Gasteiger partial charge in [0.15, 0.2) is 5.75 Å². The summed E-state index contributed by atoms with van der Waals surface area (Å²) in [5.41, 5.74) is -1.62. The van der Waals surface area contributed by atoms with Gasteiger partial charge in [0.2, 0.25) is 11.6 Å². The van der Waals surface area contributed by atoms with Crippen LogP contribution in [-0.2, 0) is 14.4 Å². The van der Waals surface area contributed by atoms with Crippen LogP contribution < -0.4 is 4.74 Å². The molecule has 0 saturated heterocycles. The van der Waals surface area contributed by atoms with Gasteiger partial charge >= 0.3 is 5.97 Å². The van der Waals surface area contributed by atoms with Crippen LogP contribution >= 0.6 is 0 Å². The summed E-state index contributed by atoms with van der Waals surface area (Å²) >= 11 is 0. The van der Waals surface area contributed by atoms with Crippen LogP contribution in [0, 0.1) is 23.2 Å². The lowest BCUT2D eigenvalue weighted by Crippen LogP contribution is -2.47. The summed E-state index contributed by atoms with van der Waals surface area (Å²) in [5.74, 6) is -1.37. The highest BCUT2D eigenvalue weighted by molar-refractivity contribution is 6.48. The third-order valence-electron chi connectivity index (χ3n) is 6.91. The van der Waals surface area contributed by atoms with Crippen LogP contribution in [0.4, 0.5) is 0 Å². The average Bonchev–Trinajstić information content (AvgIpc) is 2.87. The number of fused-ring (bicyclic) bond motifs is 3. The Labute approximate surface area is 151 Å². The van der Waals surface area contributed by atoms with E-state index in [0.29, 0.717) is 24.1 Å². The van der Waals surface area contributed by atoms with Crippen molar-refractivity contribution in [3.63, 3.8) is 0 Å². The number of carbonyl (C=O) groups excluding carboxylic acids is 3. The van der Waals surface area contributed by atoms with E-state index in [-0.39, 0.29) is 0 Å². The highest BCUT2D eigenvalue weighted by Crippen LogP contribution is 2.69. The van der Waals surface area contributed by atoms with E-state index in [9.17, 15) is 14.4 Å². The number of ether oxygens (including phenoxy) is 1. The molecule has 2 aliphatic carbocycles. The summed E-state index contributed by atoms with van der Waals surface area (Å²) < 4.78 is 5.71. The van der Waals surface area contributed by atoms with E-state index in [0.717, 1.165) is 11.1 Å². The van der Waals surface area contributed by atoms with Gasteiger partial charge in [-0.1, -0.05) is 39.0 Å². The molecule has 0 aliphatic heterocycles. The van der Waals surface area contributed by atoms with Gasteiger partial charge in [0.1, 0.15) is 10.9 Å².